The Labute approximate surface area is 84.1 Å². The van der Waals surface area contributed by atoms with Crippen molar-refractivity contribution in [1.29, 1.82) is 0 Å². The molecule has 0 fully saturated rings. The fraction of sp³-hybridized carbons (Fsp3) is 0.545. The average molecular weight is 192 g/mol. The Bertz CT molecular complexity index is 371. The molecule has 1 aliphatic heterocycles. The first-order valence-corrected chi connectivity index (χ1v) is 4.98. The minimum absolute atomic E-state index is 0.0885. The number of nitrogens with one attached hydrogen (secondary N) is 1. The number of anilines is 1. The molecule has 1 N–H and O–H groups in total. The van der Waals surface area contributed by atoms with Crippen LogP contribution in [0.15, 0.2) is 12.3 Å². The number of hydrogen-bond acceptors (Lipinski definition) is 1. The van der Waals surface area contributed by atoms with Crippen LogP contribution in [0.4, 0.5) is 5.82 Å². The van der Waals surface area contributed by atoms with Crippen LogP contribution in [0.3, 0.4) is 0 Å². The van der Waals surface area contributed by atoms with E-state index in [1.807, 2.05) is 0 Å². The van der Waals surface area contributed by atoms with E-state index in [9.17, 15) is 4.79 Å². The quantitative estimate of drug-likeness (QED) is 0.671. The first-order valence-electron chi connectivity index (χ1n) is 4.98. The minimum Gasteiger partial charge on any atom is -0.334 e. The Hall–Kier alpha value is -1.25. The van der Waals surface area contributed by atoms with Crippen molar-refractivity contribution in [2.75, 3.05) is 5.32 Å². The summed E-state index contributed by atoms with van der Waals surface area (Å²) in [5.41, 5.74) is 1.30. The van der Waals surface area contributed by atoms with Gasteiger partial charge in [0.2, 0.25) is 5.91 Å². The molecule has 0 spiro atoms. The number of rotatable bonds is 0. The van der Waals surface area contributed by atoms with E-state index < -0.39 is 0 Å². The van der Waals surface area contributed by atoms with E-state index in [2.05, 4.69) is 42.9 Å². The summed E-state index contributed by atoms with van der Waals surface area (Å²) in [5.74, 6) is 1.11. The molecule has 0 saturated heterocycles. The van der Waals surface area contributed by atoms with Gasteiger partial charge in [-0.3, -0.25) is 4.79 Å². The number of aromatic nitrogens is 1. The standard InChI is InChI=1S/C11H16N2O/c1-11(2,3)8-4-6-13-7-5-9(14)12-10(8)13/h4,6H,5,7H2,1-3H3,(H,12,14). The third-order valence-electron chi connectivity index (χ3n) is 2.61. The zero-order chi connectivity index (χ0) is 10.3. The Morgan fingerprint density at radius 1 is 1.43 bits per heavy atom. The van der Waals surface area contributed by atoms with Gasteiger partial charge in [0.05, 0.1) is 0 Å². The molecule has 0 unspecified atom stereocenters. The lowest BCUT2D eigenvalue weighted by molar-refractivity contribution is -0.116. The maximum Gasteiger partial charge on any atom is 0.227 e. The lowest BCUT2D eigenvalue weighted by Gasteiger charge is -2.23. The summed E-state index contributed by atoms with van der Waals surface area (Å²) in [4.78, 5) is 11.3. The Morgan fingerprint density at radius 3 is 2.79 bits per heavy atom. The number of aryl methyl sites for hydroxylation is 1. The normalized spacial score (nSPS) is 16.4. The van der Waals surface area contributed by atoms with Crippen molar-refractivity contribution in [3.63, 3.8) is 0 Å². The van der Waals surface area contributed by atoms with Crippen molar-refractivity contribution >= 4 is 11.7 Å². The second kappa shape index (κ2) is 2.87. The third-order valence-corrected chi connectivity index (χ3v) is 2.61. The summed E-state index contributed by atoms with van der Waals surface area (Å²) < 4.78 is 2.11. The van der Waals surface area contributed by atoms with Crippen LogP contribution in [-0.4, -0.2) is 10.5 Å². The van der Waals surface area contributed by atoms with Crippen LogP contribution >= 0.6 is 0 Å². The second-order valence-electron chi connectivity index (χ2n) is 4.82. The van der Waals surface area contributed by atoms with E-state index in [0.29, 0.717) is 6.42 Å². The van der Waals surface area contributed by atoms with Gasteiger partial charge >= 0.3 is 0 Å². The van der Waals surface area contributed by atoms with Crippen LogP contribution in [0, 0.1) is 0 Å². The van der Waals surface area contributed by atoms with Crippen molar-refractivity contribution < 1.29 is 4.79 Å². The number of hydrogen-bond donors (Lipinski definition) is 1. The molecule has 1 aromatic heterocycles. The zero-order valence-electron chi connectivity index (χ0n) is 8.92. The molecule has 2 heterocycles. The molecule has 0 atom stereocenters. The van der Waals surface area contributed by atoms with Crippen LogP contribution in [-0.2, 0) is 16.8 Å². The van der Waals surface area contributed by atoms with E-state index in [4.69, 9.17) is 0 Å². The third kappa shape index (κ3) is 1.43. The van der Waals surface area contributed by atoms with Gasteiger partial charge in [0.1, 0.15) is 5.82 Å². The summed E-state index contributed by atoms with van der Waals surface area (Å²) in [6, 6.07) is 2.10. The largest absolute Gasteiger partial charge is 0.334 e. The fourth-order valence-electron chi connectivity index (χ4n) is 1.82. The fourth-order valence-corrected chi connectivity index (χ4v) is 1.82. The van der Waals surface area contributed by atoms with Gasteiger partial charge in [-0.15, -0.1) is 0 Å². The van der Waals surface area contributed by atoms with Gasteiger partial charge in [-0.05, 0) is 17.0 Å². The van der Waals surface area contributed by atoms with Crippen molar-refractivity contribution in [3.05, 3.63) is 17.8 Å². The lowest BCUT2D eigenvalue weighted by Crippen LogP contribution is -2.25. The highest BCUT2D eigenvalue weighted by atomic mass is 16.1. The van der Waals surface area contributed by atoms with Gasteiger partial charge in [0.25, 0.3) is 0 Å². The lowest BCUT2D eigenvalue weighted by atomic mass is 9.88. The highest BCUT2D eigenvalue weighted by molar-refractivity contribution is 5.92. The zero-order valence-corrected chi connectivity index (χ0v) is 8.92. The molecule has 0 radical (unpaired) electrons. The van der Waals surface area contributed by atoms with Crippen molar-refractivity contribution in [2.45, 2.75) is 39.2 Å². The first-order chi connectivity index (χ1) is 6.48. The van der Waals surface area contributed by atoms with Crippen molar-refractivity contribution in [2.24, 2.45) is 0 Å². The van der Waals surface area contributed by atoms with Gasteiger partial charge in [0, 0.05) is 19.2 Å². The van der Waals surface area contributed by atoms with Crippen LogP contribution < -0.4 is 5.32 Å². The topological polar surface area (TPSA) is 34.0 Å². The highest BCUT2D eigenvalue weighted by Crippen LogP contribution is 2.32. The molecule has 76 valence electrons. The van der Waals surface area contributed by atoms with Crippen LogP contribution in [0.25, 0.3) is 0 Å². The maximum absolute atomic E-state index is 11.3. The minimum atomic E-state index is 0.0885. The molecule has 1 amide bonds. The van der Waals surface area contributed by atoms with Crippen LogP contribution in [0.1, 0.15) is 32.8 Å². The Morgan fingerprint density at radius 2 is 2.14 bits per heavy atom. The predicted molar refractivity (Wildman–Crippen MR) is 56.4 cm³/mol. The van der Waals surface area contributed by atoms with Crippen molar-refractivity contribution in [1.82, 2.24) is 4.57 Å². The molecule has 0 saturated carbocycles. The molecule has 0 aromatic carbocycles. The molecule has 1 aromatic rings. The SMILES string of the molecule is CC(C)(C)c1ccn2c1NC(=O)CC2. The maximum atomic E-state index is 11.3. The number of carbonyl (C=O) groups is 1. The average Bonchev–Trinajstić information content (AvgIpc) is 2.45. The molecular weight excluding hydrogens is 176 g/mol. The summed E-state index contributed by atoms with van der Waals surface area (Å²) >= 11 is 0. The Balaban J connectivity index is 2.45. The van der Waals surface area contributed by atoms with Crippen LogP contribution in [0.5, 0.6) is 0 Å². The number of carbonyl (C=O) groups excluding carboxylic acids is 1. The van der Waals surface area contributed by atoms with Gasteiger partial charge in [0.15, 0.2) is 0 Å². The molecule has 3 nitrogen and oxygen atoms in total. The van der Waals surface area contributed by atoms with Gasteiger partial charge in [-0.2, -0.15) is 0 Å². The molecule has 2 rings (SSSR count). The van der Waals surface area contributed by atoms with Gasteiger partial charge < -0.3 is 9.88 Å². The monoisotopic (exact) mass is 192 g/mol. The number of amides is 1. The van der Waals surface area contributed by atoms with Crippen LogP contribution in [0.2, 0.25) is 0 Å². The van der Waals surface area contributed by atoms with Gasteiger partial charge in [-0.25, -0.2) is 0 Å². The summed E-state index contributed by atoms with van der Waals surface area (Å²) in [5, 5.41) is 2.94. The molecule has 3 heteroatoms. The highest BCUT2D eigenvalue weighted by Gasteiger charge is 2.24. The Kier molecular flexibility index (Phi) is 1.91. The smallest absolute Gasteiger partial charge is 0.227 e. The second-order valence-corrected chi connectivity index (χ2v) is 4.82. The van der Waals surface area contributed by atoms with E-state index >= 15 is 0 Å². The van der Waals surface area contributed by atoms with Crippen molar-refractivity contribution in [3.8, 4) is 0 Å². The molecule has 0 bridgehead atoms. The van der Waals surface area contributed by atoms with E-state index in [1.54, 1.807) is 0 Å². The number of fused-ring (bicyclic) bond motifs is 1. The van der Waals surface area contributed by atoms with E-state index in [0.717, 1.165) is 12.4 Å². The molecule has 1 aliphatic rings. The predicted octanol–water partition coefficient (Wildman–Crippen LogP) is 2.13. The molecule has 14 heavy (non-hydrogen) atoms. The summed E-state index contributed by atoms with van der Waals surface area (Å²) in [7, 11) is 0. The first kappa shape index (κ1) is 9.31. The van der Waals surface area contributed by atoms with E-state index in [1.165, 1.54) is 5.56 Å². The summed E-state index contributed by atoms with van der Waals surface area (Å²) in [6.45, 7) is 7.27. The van der Waals surface area contributed by atoms with Gasteiger partial charge in [-0.1, -0.05) is 20.8 Å². The number of nitrogens with zero attached hydrogens (tertiary/aromatic N) is 1. The summed E-state index contributed by atoms with van der Waals surface area (Å²) in [6.07, 6.45) is 2.64. The molecule has 0 aliphatic carbocycles. The van der Waals surface area contributed by atoms with E-state index in [-0.39, 0.29) is 11.3 Å². The molecular formula is C11H16N2O.